The Balaban J connectivity index is 2.48. The fraction of sp³-hybridized carbons (Fsp3) is 0.900. The molecule has 0 aromatic rings. The lowest BCUT2D eigenvalue weighted by atomic mass is 9.78. The van der Waals surface area contributed by atoms with E-state index in [1.807, 2.05) is 0 Å². The molecule has 1 atom stereocenters. The molecule has 0 spiro atoms. The van der Waals surface area contributed by atoms with Crippen molar-refractivity contribution < 1.29 is 4.79 Å². The van der Waals surface area contributed by atoms with E-state index in [-0.39, 0.29) is 5.91 Å². The lowest BCUT2D eigenvalue weighted by Crippen LogP contribution is -2.34. The van der Waals surface area contributed by atoms with E-state index in [9.17, 15) is 4.79 Å². The van der Waals surface area contributed by atoms with E-state index in [1.54, 1.807) is 0 Å². The lowest BCUT2D eigenvalue weighted by molar-refractivity contribution is -0.119. The van der Waals surface area contributed by atoms with Crippen LogP contribution in [0.5, 0.6) is 0 Å². The Bertz CT molecular complexity index is 203. The number of nitrogens with zero attached hydrogens (tertiary/aromatic N) is 1. The zero-order chi connectivity index (χ0) is 10.1. The number of carbonyl (C=O) groups is 1. The molecule has 0 bridgehead atoms. The fourth-order valence-electron chi connectivity index (χ4n) is 1.91. The first-order valence-corrected chi connectivity index (χ1v) is 4.95. The maximum atomic E-state index is 10.7. The summed E-state index contributed by atoms with van der Waals surface area (Å²) in [4.78, 5) is 12.9. The molecule has 13 heavy (non-hydrogen) atoms. The van der Waals surface area contributed by atoms with Gasteiger partial charge < -0.3 is 5.73 Å². The quantitative estimate of drug-likeness (QED) is 0.706. The highest BCUT2D eigenvalue weighted by atomic mass is 16.1. The van der Waals surface area contributed by atoms with Crippen molar-refractivity contribution in [3.8, 4) is 0 Å². The smallest absolute Gasteiger partial charge is 0.231 e. The molecule has 76 valence electrons. The van der Waals surface area contributed by atoms with E-state index in [1.165, 1.54) is 6.42 Å². The first kappa shape index (κ1) is 10.5. The Kier molecular flexibility index (Phi) is 2.96. The molecule has 1 saturated heterocycles. The summed E-state index contributed by atoms with van der Waals surface area (Å²) in [7, 11) is 0. The Hall–Kier alpha value is -0.570. The van der Waals surface area contributed by atoms with Gasteiger partial charge in [-0.25, -0.2) is 0 Å². The van der Waals surface area contributed by atoms with E-state index >= 15 is 0 Å². The van der Waals surface area contributed by atoms with Gasteiger partial charge in [-0.15, -0.1) is 0 Å². The monoisotopic (exact) mass is 184 g/mol. The third kappa shape index (κ3) is 2.44. The van der Waals surface area contributed by atoms with Crippen molar-refractivity contribution in [3.05, 3.63) is 0 Å². The molecule has 2 N–H and O–H groups in total. The highest BCUT2D eigenvalue weighted by molar-refractivity contribution is 5.75. The minimum Gasteiger partial charge on any atom is -0.369 e. The molecule has 0 aromatic heterocycles. The number of likely N-dealkylation sites (tertiary alicyclic amines) is 1. The van der Waals surface area contributed by atoms with Crippen molar-refractivity contribution in [1.82, 2.24) is 4.90 Å². The highest BCUT2D eigenvalue weighted by Crippen LogP contribution is 2.36. The summed E-state index contributed by atoms with van der Waals surface area (Å²) in [6.45, 7) is 9.22. The van der Waals surface area contributed by atoms with Gasteiger partial charge >= 0.3 is 0 Å². The molecule has 0 radical (unpaired) electrons. The molecule has 1 aliphatic heterocycles. The minimum atomic E-state index is -0.215. The first-order valence-electron chi connectivity index (χ1n) is 4.95. The molecule has 0 unspecified atom stereocenters. The largest absolute Gasteiger partial charge is 0.369 e. The highest BCUT2D eigenvalue weighted by Gasteiger charge is 2.36. The van der Waals surface area contributed by atoms with Crippen LogP contribution in [0.2, 0.25) is 0 Å². The van der Waals surface area contributed by atoms with Crippen LogP contribution < -0.4 is 5.73 Å². The van der Waals surface area contributed by atoms with Crippen LogP contribution >= 0.6 is 0 Å². The van der Waals surface area contributed by atoms with Crippen LogP contribution in [0.1, 0.15) is 27.2 Å². The molecule has 1 fully saturated rings. The molecule has 3 nitrogen and oxygen atoms in total. The van der Waals surface area contributed by atoms with Crippen LogP contribution in [0.4, 0.5) is 0 Å². The molecule has 0 aromatic carbocycles. The van der Waals surface area contributed by atoms with E-state index in [4.69, 9.17) is 5.73 Å². The molecular weight excluding hydrogens is 164 g/mol. The topological polar surface area (TPSA) is 46.3 Å². The Labute approximate surface area is 80.3 Å². The summed E-state index contributed by atoms with van der Waals surface area (Å²) < 4.78 is 0. The standard InChI is InChI=1S/C10H20N2O/c1-8(2)10(3)4-5-12(7-10)6-9(11)13/h8H,4-7H2,1-3H3,(H2,11,13)/t10-/m0/s1. The zero-order valence-corrected chi connectivity index (χ0v) is 8.84. The van der Waals surface area contributed by atoms with Crippen molar-refractivity contribution >= 4 is 5.91 Å². The predicted molar refractivity (Wildman–Crippen MR) is 53.2 cm³/mol. The summed E-state index contributed by atoms with van der Waals surface area (Å²) in [5.41, 5.74) is 5.53. The van der Waals surface area contributed by atoms with Crippen LogP contribution in [0.25, 0.3) is 0 Å². The molecule has 1 aliphatic rings. The number of nitrogens with two attached hydrogens (primary N) is 1. The summed E-state index contributed by atoms with van der Waals surface area (Å²) in [5.74, 6) is 0.457. The van der Waals surface area contributed by atoms with E-state index in [0.717, 1.165) is 13.1 Å². The number of rotatable bonds is 3. The normalized spacial score (nSPS) is 29.8. The van der Waals surface area contributed by atoms with E-state index in [2.05, 4.69) is 25.7 Å². The average molecular weight is 184 g/mol. The average Bonchev–Trinajstić information content (AvgIpc) is 2.32. The zero-order valence-electron chi connectivity index (χ0n) is 8.84. The summed E-state index contributed by atoms with van der Waals surface area (Å²) in [5, 5.41) is 0. The second-order valence-corrected chi connectivity index (χ2v) is 4.74. The third-order valence-electron chi connectivity index (χ3n) is 3.36. The van der Waals surface area contributed by atoms with Gasteiger partial charge in [0.25, 0.3) is 0 Å². The van der Waals surface area contributed by atoms with Crippen molar-refractivity contribution in [2.45, 2.75) is 27.2 Å². The SMILES string of the molecule is CC(C)[C@@]1(C)CCN(CC(N)=O)C1. The minimum absolute atomic E-state index is 0.215. The van der Waals surface area contributed by atoms with Gasteiger partial charge in [-0.05, 0) is 24.3 Å². The van der Waals surface area contributed by atoms with Crippen LogP contribution in [0.3, 0.4) is 0 Å². The Morgan fingerprint density at radius 1 is 1.62 bits per heavy atom. The van der Waals surface area contributed by atoms with E-state index < -0.39 is 0 Å². The molecular formula is C10H20N2O. The second-order valence-electron chi connectivity index (χ2n) is 4.74. The van der Waals surface area contributed by atoms with Gasteiger partial charge in [-0.1, -0.05) is 20.8 Å². The van der Waals surface area contributed by atoms with Gasteiger partial charge in [-0.3, -0.25) is 9.69 Å². The van der Waals surface area contributed by atoms with Crippen molar-refractivity contribution in [2.24, 2.45) is 17.1 Å². The third-order valence-corrected chi connectivity index (χ3v) is 3.36. The Morgan fingerprint density at radius 3 is 2.62 bits per heavy atom. The lowest BCUT2D eigenvalue weighted by Gasteiger charge is -2.28. The van der Waals surface area contributed by atoms with Crippen LogP contribution in [0, 0.1) is 11.3 Å². The number of primary amides is 1. The second kappa shape index (κ2) is 3.66. The summed E-state index contributed by atoms with van der Waals surface area (Å²) in [6, 6.07) is 0. The van der Waals surface area contributed by atoms with Gasteiger partial charge in [0.05, 0.1) is 6.54 Å². The maximum Gasteiger partial charge on any atom is 0.231 e. The summed E-state index contributed by atoms with van der Waals surface area (Å²) >= 11 is 0. The first-order chi connectivity index (χ1) is 5.94. The molecule has 3 heteroatoms. The predicted octanol–water partition coefficient (Wildman–Crippen LogP) is 0.840. The molecule has 1 rings (SSSR count). The molecule has 1 heterocycles. The van der Waals surface area contributed by atoms with Gasteiger partial charge in [0.1, 0.15) is 0 Å². The van der Waals surface area contributed by atoms with Crippen LogP contribution in [0.15, 0.2) is 0 Å². The number of carbonyl (C=O) groups excluding carboxylic acids is 1. The van der Waals surface area contributed by atoms with E-state index in [0.29, 0.717) is 17.9 Å². The number of amides is 1. The molecule has 1 amide bonds. The maximum absolute atomic E-state index is 10.7. The molecule has 0 aliphatic carbocycles. The van der Waals surface area contributed by atoms with Crippen molar-refractivity contribution in [1.29, 1.82) is 0 Å². The van der Waals surface area contributed by atoms with Gasteiger partial charge in [0.2, 0.25) is 5.91 Å². The number of hydrogen-bond donors (Lipinski definition) is 1. The van der Waals surface area contributed by atoms with Crippen LogP contribution in [-0.4, -0.2) is 30.4 Å². The summed E-state index contributed by atoms with van der Waals surface area (Å²) in [6.07, 6.45) is 1.18. The van der Waals surface area contributed by atoms with Gasteiger partial charge in [0, 0.05) is 6.54 Å². The fourth-order valence-corrected chi connectivity index (χ4v) is 1.91. The van der Waals surface area contributed by atoms with Crippen molar-refractivity contribution in [3.63, 3.8) is 0 Å². The van der Waals surface area contributed by atoms with Crippen molar-refractivity contribution in [2.75, 3.05) is 19.6 Å². The number of hydrogen-bond acceptors (Lipinski definition) is 2. The molecule has 0 saturated carbocycles. The van der Waals surface area contributed by atoms with Gasteiger partial charge in [0.15, 0.2) is 0 Å². The van der Waals surface area contributed by atoms with Gasteiger partial charge in [-0.2, -0.15) is 0 Å². The Morgan fingerprint density at radius 2 is 2.23 bits per heavy atom. The van der Waals surface area contributed by atoms with Crippen LogP contribution in [-0.2, 0) is 4.79 Å².